The maximum Gasteiger partial charge on any atom is 0.247 e. The summed E-state index contributed by atoms with van der Waals surface area (Å²) in [5, 5.41) is 36.9. The van der Waals surface area contributed by atoms with Gasteiger partial charge in [0.2, 0.25) is 47.3 Å². The van der Waals surface area contributed by atoms with Gasteiger partial charge in [-0.15, -0.1) is 44.6 Å². The number of carbonyl (C=O) groups excluding carboxylic acids is 8. The number of amides is 8. The number of fused-ring (bicyclic) bond motifs is 4. The molecule has 3 aromatic heterocycles. The van der Waals surface area contributed by atoms with Crippen molar-refractivity contribution in [1.82, 2.24) is 56.5 Å². The van der Waals surface area contributed by atoms with E-state index < -0.39 is 108 Å². The number of aromatic nitrogens is 4. The van der Waals surface area contributed by atoms with Crippen LogP contribution in [-0.4, -0.2) is 144 Å². The number of aliphatic hydroxyl groups excluding tert-OH is 1. The number of thiazole rings is 1. The number of hydrogen-bond donors (Lipinski definition) is 8. The van der Waals surface area contributed by atoms with Crippen LogP contribution in [0, 0.1) is 33.1 Å². The third kappa shape index (κ3) is 12.8. The zero-order chi connectivity index (χ0) is 56.3. The molecule has 5 aromatic rings. The second-order valence-electron chi connectivity index (χ2n) is 20.3. The second-order valence-corrected chi connectivity index (χ2v) is 23.8. The van der Waals surface area contributed by atoms with Crippen LogP contribution in [0.3, 0.4) is 0 Å². The summed E-state index contributed by atoms with van der Waals surface area (Å²) in [5.41, 5.74) is 11.6. The average molecular weight is 1140 g/mol. The molecule has 0 spiro atoms. The lowest BCUT2D eigenvalue weighted by Crippen LogP contribution is -2.58. The Morgan fingerprint density at radius 3 is 2.26 bits per heavy atom. The van der Waals surface area contributed by atoms with Gasteiger partial charge in [0.1, 0.15) is 47.1 Å². The number of thiophene rings is 1. The fourth-order valence-electron chi connectivity index (χ4n) is 9.32. The highest BCUT2D eigenvalue weighted by molar-refractivity contribution is 8.00. The molecule has 9 N–H and O–H groups in total. The molecule has 2 aromatic carbocycles. The van der Waals surface area contributed by atoms with Crippen molar-refractivity contribution in [2.24, 2.45) is 16.1 Å². The Balaban J connectivity index is 1.08. The monoisotopic (exact) mass is 1140 g/mol. The van der Waals surface area contributed by atoms with Crippen molar-refractivity contribution in [3.8, 4) is 15.4 Å². The Kier molecular flexibility index (Phi) is 17.5. The van der Waals surface area contributed by atoms with Crippen LogP contribution in [0.15, 0.2) is 59.0 Å². The molecule has 1 unspecified atom stereocenters. The molecule has 26 heteroatoms. The van der Waals surface area contributed by atoms with Crippen molar-refractivity contribution < 1.29 is 43.5 Å². The zero-order valence-corrected chi connectivity index (χ0v) is 47.0. The number of carbonyl (C=O) groups is 8. The van der Waals surface area contributed by atoms with E-state index in [0.29, 0.717) is 27.9 Å². The van der Waals surface area contributed by atoms with Crippen LogP contribution in [0.4, 0.5) is 0 Å². The molecule has 2 saturated heterocycles. The second kappa shape index (κ2) is 23.9. The molecule has 412 valence electrons. The first-order valence-electron chi connectivity index (χ1n) is 24.9. The van der Waals surface area contributed by atoms with Gasteiger partial charge in [-0.1, -0.05) is 68.8 Å². The number of nitrogens with two attached hydrogens (primary N) is 1. The third-order valence-electron chi connectivity index (χ3n) is 13.6. The van der Waals surface area contributed by atoms with E-state index in [9.17, 15) is 43.5 Å². The number of primary amides is 1. The van der Waals surface area contributed by atoms with E-state index in [-0.39, 0.29) is 30.9 Å². The maximum atomic E-state index is 14.4. The summed E-state index contributed by atoms with van der Waals surface area (Å²) >= 11 is 10.2. The van der Waals surface area contributed by atoms with Crippen molar-refractivity contribution in [2.45, 2.75) is 104 Å². The molecule has 7 atom stereocenters. The third-order valence-corrected chi connectivity index (χ3v) is 17.0. The number of aliphatic imine (C=N–C) groups is 1. The largest absolute Gasteiger partial charge is 0.391 e. The molecule has 0 radical (unpaired) electrons. The van der Waals surface area contributed by atoms with Crippen LogP contribution in [0.1, 0.15) is 90.2 Å². The highest BCUT2D eigenvalue weighted by Crippen LogP contribution is 2.40. The molecule has 3 aliphatic rings. The molecule has 78 heavy (non-hydrogen) atoms. The van der Waals surface area contributed by atoms with Gasteiger partial charge >= 0.3 is 0 Å². The average Bonchev–Trinajstić information content (AvgIpc) is 4.24. The number of benzene rings is 2. The first-order chi connectivity index (χ1) is 37.0. The lowest BCUT2D eigenvalue weighted by Gasteiger charge is -2.35. The Labute approximate surface area is 466 Å². The molecular weight excluding hydrogens is 1080 g/mol. The van der Waals surface area contributed by atoms with Crippen LogP contribution in [0.2, 0.25) is 5.02 Å². The predicted molar refractivity (Wildman–Crippen MR) is 295 cm³/mol. The number of aliphatic hydroxyl groups is 1. The van der Waals surface area contributed by atoms with Gasteiger partial charge in [0.25, 0.3) is 0 Å². The maximum absolute atomic E-state index is 14.4. The van der Waals surface area contributed by atoms with Crippen LogP contribution in [0.25, 0.3) is 15.4 Å². The molecule has 0 saturated carbocycles. The Morgan fingerprint density at radius 1 is 0.885 bits per heavy atom. The normalized spacial score (nSPS) is 23.0. The van der Waals surface area contributed by atoms with Crippen LogP contribution >= 0.6 is 46.0 Å². The molecule has 8 rings (SSSR count). The van der Waals surface area contributed by atoms with Gasteiger partial charge in [-0.25, -0.2) is 4.98 Å². The zero-order valence-electron chi connectivity index (χ0n) is 43.8. The number of rotatable bonds is 8. The van der Waals surface area contributed by atoms with E-state index in [1.54, 1.807) is 69.6 Å². The van der Waals surface area contributed by atoms with Crippen LogP contribution in [-0.2, 0) is 38.4 Å². The molecule has 6 heterocycles. The number of aryl methyl sites for hydroxylation is 3. The standard InChI is InChI=1S/C52H60ClN13O9S3/c1-24-26(3)78-51-40(24)41(28-12-14-31(53)15-13-28)59-33(46-64-63-27(4)66(46)51)17-37(68)55-18-34-47(72)60-35(45(54)71)21-76-22-39(70)61-44(52(5,6)7)50(75)65-20-32(67)16-36(65)48(73)62-42(49(74)56-19-38(69)58-34)29-8-10-30(11-9-29)43-25(2)57-23-77-43/h8-15,23,32-36,42,44,67H,16-22H2,1-7H3,(H2,54,71)(H,55,68)(H,56,74)(H,58,69)(H,60,72)(H,61,70)(H,62,73)/t32-,33+,34?,35-,36+,42+,44-/m1/s1. The topological polar surface area (TPSA) is 314 Å². The number of nitrogens with one attached hydrogen (secondary N) is 6. The first kappa shape index (κ1) is 57.1. The minimum absolute atomic E-state index is 0.180. The lowest BCUT2D eigenvalue weighted by atomic mass is 9.85. The Hall–Kier alpha value is -7.06. The van der Waals surface area contributed by atoms with E-state index in [1.165, 1.54) is 27.6 Å². The Morgan fingerprint density at radius 2 is 1.59 bits per heavy atom. The number of nitrogens with zero attached hydrogens (tertiary/aromatic N) is 6. The van der Waals surface area contributed by atoms with E-state index in [2.05, 4.69) is 47.1 Å². The first-order valence-corrected chi connectivity index (χ1v) is 28.2. The predicted octanol–water partition coefficient (Wildman–Crippen LogP) is 2.41. The van der Waals surface area contributed by atoms with Crippen LogP contribution < -0.4 is 37.6 Å². The van der Waals surface area contributed by atoms with Crippen molar-refractivity contribution >= 4 is 99.0 Å². The van der Waals surface area contributed by atoms with Gasteiger partial charge in [-0.05, 0) is 61.9 Å². The summed E-state index contributed by atoms with van der Waals surface area (Å²) in [4.78, 5) is 124. The van der Waals surface area contributed by atoms with Crippen molar-refractivity contribution in [3.63, 3.8) is 0 Å². The van der Waals surface area contributed by atoms with Crippen molar-refractivity contribution in [1.29, 1.82) is 0 Å². The SMILES string of the molecule is Cc1ncsc1-c1ccc([C@@H]2NC(=O)[C@@H]3C[C@@H](O)CN3C(=O)[C@H](C(C)(C)C)NC(=O)CSC[C@H](C(N)=O)NC(=O)C(CNC(=O)C[C@@H]3N=C(c4ccc(Cl)cc4)c4c(sc(C)c4C)-n4c(C)nnc43)NC(=O)CNC2=O)cc1. The fraction of sp³-hybridized carbons (Fsp3) is 0.423. The van der Waals surface area contributed by atoms with Gasteiger partial charge in [0.15, 0.2) is 5.82 Å². The molecule has 0 bridgehead atoms. The summed E-state index contributed by atoms with van der Waals surface area (Å²) in [6, 6.07) is 6.10. The van der Waals surface area contributed by atoms with Crippen molar-refractivity contribution in [2.75, 3.05) is 31.1 Å². The van der Waals surface area contributed by atoms with Gasteiger partial charge < -0.3 is 47.6 Å². The molecule has 2 fully saturated rings. The molecule has 22 nitrogen and oxygen atoms in total. The summed E-state index contributed by atoms with van der Waals surface area (Å²) in [6.07, 6.45) is -1.59. The van der Waals surface area contributed by atoms with Gasteiger partial charge in [-0.3, -0.25) is 47.9 Å². The molecule has 8 amide bonds. The fourth-order valence-corrected chi connectivity index (χ4v) is 12.3. The number of halogens is 1. The molecular formula is C52H60ClN13O9S3. The summed E-state index contributed by atoms with van der Waals surface area (Å²) in [7, 11) is 0. The van der Waals surface area contributed by atoms with E-state index in [4.69, 9.17) is 22.3 Å². The smallest absolute Gasteiger partial charge is 0.247 e. The highest BCUT2D eigenvalue weighted by Gasteiger charge is 2.45. The highest BCUT2D eigenvalue weighted by atomic mass is 35.5. The van der Waals surface area contributed by atoms with Crippen LogP contribution in [0.5, 0.6) is 0 Å². The van der Waals surface area contributed by atoms with Crippen molar-refractivity contribution in [3.05, 3.63) is 104 Å². The van der Waals surface area contributed by atoms with Gasteiger partial charge in [0, 0.05) is 46.3 Å². The summed E-state index contributed by atoms with van der Waals surface area (Å²) in [6.45, 7) is 11.3. The minimum atomic E-state index is -1.58. The van der Waals surface area contributed by atoms with E-state index in [0.717, 1.165) is 54.5 Å². The number of thioether (sulfide) groups is 1. The quantitative estimate of drug-likeness (QED) is 0.111. The summed E-state index contributed by atoms with van der Waals surface area (Å²) < 4.78 is 1.87. The molecule has 0 aliphatic carbocycles. The Bertz CT molecular complexity index is 3190. The lowest BCUT2D eigenvalue weighted by molar-refractivity contribution is -0.144. The summed E-state index contributed by atoms with van der Waals surface area (Å²) in [5.74, 6) is -5.92. The number of hydrogen-bond acceptors (Lipinski definition) is 16. The van der Waals surface area contributed by atoms with Gasteiger partial charge in [-0.2, -0.15) is 0 Å². The minimum Gasteiger partial charge on any atom is -0.391 e. The molecule has 3 aliphatic heterocycles. The van der Waals surface area contributed by atoms with Gasteiger partial charge in [0.05, 0.1) is 46.6 Å². The van der Waals surface area contributed by atoms with E-state index in [1.807, 2.05) is 37.5 Å². The van der Waals surface area contributed by atoms with E-state index >= 15 is 0 Å².